The molecule has 98 valence electrons. The Bertz CT molecular complexity index is 636. The Morgan fingerprint density at radius 2 is 1.89 bits per heavy atom. The molecule has 19 heavy (non-hydrogen) atoms. The first-order chi connectivity index (χ1) is 9.04. The van der Waals surface area contributed by atoms with Gasteiger partial charge in [0, 0.05) is 11.1 Å². The first-order valence-electron chi connectivity index (χ1n) is 5.68. The average Bonchev–Trinajstić information content (AvgIpc) is 2.41. The minimum atomic E-state index is -0.154. The van der Waals surface area contributed by atoms with Gasteiger partial charge in [-0.05, 0) is 36.8 Å². The number of benzene rings is 2. The number of carbonyl (C=O) groups is 1. The maximum atomic E-state index is 12.4. The summed E-state index contributed by atoms with van der Waals surface area (Å²) < 4.78 is 5.06. The van der Waals surface area contributed by atoms with E-state index in [4.69, 9.17) is 27.9 Å². The van der Waals surface area contributed by atoms with E-state index in [2.05, 4.69) is 0 Å². The topological polar surface area (TPSA) is 26.3 Å². The van der Waals surface area contributed by atoms with Gasteiger partial charge in [-0.2, -0.15) is 0 Å². The molecule has 0 aliphatic rings. The SMILES string of the molecule is COc1ccc(C(=O)c2cccc(C)c2Cl)cc1Cl. The molecule has 4 heteroatoms. The highest BCUT2D eigenvalue weighted by molar-refractivity contribution is 6.36. The van der Waals surface area contributed by atoms with Crippen molar-refractivity contribution in [2.24, 2.45) is 0 Å². The molecule has 0 heterocycles. The predicted octanol–water partition coefficient (Wildman–Crippen LogP) is 4.54. The second kappa shape index (κ2) is 5.64. The van der Waals surface area contributed by atoms with Crippen molar-refractivity contribution in [2.75, 3.05) is 7.11 Å². The largest absolute Gasteiger partial charge is 0.495 e. The molecule has 0 aromatic heterocycles. The summed E-state index contributed by atoms with van der Waals surface area (Å²) in [4.78, 5) is 12.4. The van der Waals surface area contributed by atoms with Gasteiger partial charge in [-0.3, -0.25) is 4.79 Å². The molecule has 0 fully saturated rings. The highest BCUT2D eigenvalue weighted by atomic mass is 35.5. The third-order valence-corrected chi connectivity index (χ3v) is 3.65. The standard InChI is InChI=1S/C15H12Cl2O2/c1-9-4-3-5-11(14(9)17)15(18)10-6-7-13(19-2)12(16)8-10/h3-8H,1-2H3. The maximum Gasteiger partial charge on any atom is 0.194 e. The normalized spacial score (nSPS) is 10.3. The fourth-order valence-electron chi connectivity index (χ4n) is 1.79. The number of halogens is 2. The number of ether oxygens (including phenoxy) is 1. The van der Waals surface area contributed by atoms with Crippen molar-refractivity contribution in [3.8, 4) is 5.75 Å². The predicted molar refractivity (Wildman–Crippen MR) is 77.6 cm³/mol. The summed E-state index contributed by atoms with van der Waals surface area (Å²) in [5, 5.41) is 0.872. The van der Waals surface area contributed by atoms with Crippen LogP contribution in [0.1, 0.15) is 21.5 Å². The lowest BCUT2D eigenvalue weighted by Crippen LogP contribution is -2.03. The zero-order chi connectivity index (χ0) is 14.0. The van der Waals surface area contributed by atoms with Gasteiger partial charge in [0.05, 0.1) is 17.2 Å². The van der Waals surface area contributed by atoms with Crippen LogP contribution in [0, 0.1) is 6.92 Å². The first kappa shape index (κ1) is 13.9. The van der Waals surface area contributed by atoms with Crippen LogP contribution in [0.4, 0.5) is 0 Å². The van der Waals surface area contributed by atoms with Gasteiger partial charge in [0.2, 0.25) is 0 Å². The number of methoxy groups -OCH3 is 1. The van der Waals surface area contributed by atoms with Gasteiger partial charge in [0.15, 0.2) is 5.78 Å². The summed E-state index contributed by atoms with van der Waals surface area (Å²) in [5.74, 6) is 0.381. The van der Waals surface area contributed by atoms with Crippen LogP contribution in [0.25, 0.3) is 0 Å². The lowest BCUT2D eigenvalue weighted by atomic mass is 10.0. The van der Waals surface area contributed by atoms with Crippen LogP contribution in [0.5, 0.6) is 5.75 Å². The minimum Gasteiger partial charge on any atom is -0.495 e. The van der Waals surface area contributed by atoms with Crippen LogP contribution in [0.15, 0.2) is 36.4 Å². The van der Waals surface area contributed by atoms with E-state index in [0.29, 0.717) is 26.9 Å². The van der Waals surface area contributed by atoms with E-state index in [9.17, 15) is 4.79 Å². The van der Waals surface area contributed by atoms with E-state index in [-0.39, 0.29) is 5.78 Å². The van der Waals surface area contributed by atoms with Crippen LogP contribution in [-0.2, 0) is 0 Å². The van der Waals surface area contributed by atoms with E-state index in [1.807, 2.05) is 13.0 Å². The Morgan fingerprint density at radius 3 is 2.53 bits per heavy atom. The molecule has 0 atom stereocenters. The average molecular weight is 295 g/mol. The Balaban J connectivity index is 2.44. The van der Waals surface area contributed by atoms with Crippen LogP contribution in [-0.4, -0.2) is 12.9 Å². The second-order valence-corrected chi connectivity index (χ2v) is 4.90. The Morgan fingerprint density at radius 1 is 1.16 bits per heavy atom. The van der Waals surface area contributed by atoms with Crippen molar-refractivity contribution in [1.82, 2.24) is 0 Å². The summed E-state index contributed by atoms with van der Waals surface area (Å²) in [6.07, 6.45) is 0. The quantitative estimate of drug-likeness (QED) is 0.777. The van der Waals surface area contributed by atoms with Crippen LogP contribution in [0.3, 0.4) is 0 Å². The fraction of sp³-hybridized carbons (Fsp3) is 0.133. The zero-order valence-corrected chi connectivity index (χ0v) is 12.0. The van der Waals surface area contributed by atoms with Crippen molar-refractivity contribution < 1.29 is 9.53 Å². The van der Waals surface area contributed by atoms with Crippen LogP contribution >= 0.6 is 23.2 Å². The molecule has 2 aromatic carbocycles. The number of rotatable bonds is 3. The molecule has 0 N–H and O–H groups in total. The summed E-state index contributed by atoms with van der Waals surface area (Å²) in [6.45, 7) is 1.86. The van der Waals surface area contributed by atoms with Crippen molar-refractivity contribution in [1.29, 1.82) is 0 Å². The van der Waals surface area contributed by atoms with E-state index in [1.165, 1.54) is 7.11 Å². The molecule has 0 aliphatic heterocycles. The van der Waals surface area contributed by atoms with Crippen molar-refractivity contribution >= 4 is 29.0 Å². The lowest BCUT2D eigenvalue weighted by Gasteiger charge is -2.08. The van der Waals surface area contributed by atoms with E-state index < -0.39 is 0 Å². The highest BCUT2D eigenvalue weighted by Gasteiger charge is 2.15. The Labute approximate surface area is 121 Å². The van der Waals surface area contributed by atoms with Gasteiger partial charge in [0.25, 0.3) is 0 Å². The number of ketones is 1. The lowest BCUT2D eigenvalue weighted by molar-refractivity contribution is 0.103. The van der Waals surface area contributed by atoms with Crippen LogP contribution in [0.2, 0.25) is 10.0 Å². The summed E-state index contributed by atoms with van der Waals surface area (Å²) in [5.41, 5.74) is 1.83. The molecule has 2 nitrogen and oxygen atoms in total. The molecule has 0 aliphatic carbocycles. The van der Waals surface area contributed by atoms with Gasteiger partial charge in [0.1, 0.15) is 5.75 Å². The van der Waals surface area contributed by atoms with Gasteiger partial charge in [-0.1, -0.05) is 35.3 Å². The van der Waals surface area contributed by atoms with Gasteiger partial charge >= 0.3 is 0 Å². The van der Waals surface area contributed by atoms with Gasteiger partial charge in [-0.25, -0.2) is 0 Å². The summed E-state index contributed by atoms with van der Waals surface area (Å²) in [6, 6.07) is 10.3. The summed E-state index contributed by atoms with van der Waals surface area (Å²) in [7, 11) is 1.53. The molecule has 2 aromatic rings. The first-order valence-corrected chi connectivity index (χ1v) is 6.43. The highest BCUT2D eigenvalue weighted by Crippen LogP contribution is 2.28. The Hall–Kier alpha value is -1.51. The van der Waals surface area contributed by atoms with Crippen molar-refractivity contribution in [2.45, 2.75) is 6.92 Å². The van der Waals surface area contributed by atoms with E-state index in [1.54, 1.807) is 30.3 Å². The van der Waals surface area contributed by atoms with Gasteiger partial charge in [-0.15, -0.1) is 0 Å². The zero-order valence-electron chi connectivity index (χ0n) is 10.5. The minimum absolute atomic E-state index is 0.154. The maximum absolute atomic E-state index is 12.4. The van der Waals surface area contributed by atoms with Gasteiger partial charge < -0.3 is 4.74 Å². The fourth-order valence-corrected chi connectivity index (χ4v) is 2.26. The second-order valence-electron chi connectivity index (χ2n) is 4.11. The molecular weight excluding hydrogens is 283 g/mol. The molecule has 0 saturated carbocycles. The molecule has 2 rings (SSSR count). The molecule has 0 unspecified atom stereocenters. The third-order valence-electron chi connectivity index (χ3n) is 2.85. The molecule has 0 amide bonds. The molecule has 0 spiro atoms. The van der Waals surface area contributed by atoms with E-state index >= 15 is 0 Å². The number of carbonyl (C=O) groups excluding carboxylic acids is 1. The Kier molecular flexibility index (Phi) is 4.13. The summed E-state index contributed by atoms with van der Waals surface area (Å²) >= 11 is 12.2. The molecule has 0 bridgehead atoms. The van der Waals surface area contributed by atoms with Crippen LogP contribution < -0.4 is 4.74 Å². The molecule has 0 saturated heterocycles. The molecular formula is C15H12Cl2O2. The van der Waals surface area contributed by atoms with E-state index in [0.717, 1.165) is 5.56 Å². The molecule has 0 radical (unpaired) electrons. The number of hydrogen-bond acceptors (Lipinski definition) is 2. The monoisotopic (exact) mass is 294 g/mol. The smallest absolute Gasteiger partial charge is 0.194 e. The number of hydrogen-bond donors (Lipinski definition) is 0. The third kappa shape index (κ3) is 2.75. The number of aryl methyl sites for hydroxylation is 1. The van der Waals surface area contributed by atoms with Crippen molar-refractivity contribution in [3.63, 3.8) is 0 Å². The van der Waals surface area contributed by atoms with Crippen molar-refractivity contribution in [3.05, 3.63) is 63.1 Å².